The molecule has 0 unspecified atom stereocenters. The van der Waals surface area contributed by atoms with E-state index < -0.39 is 5.97 Å². The van der Waals surface area contributed by atoms with Crippen molar-refractivity contribution in [3.8, 4) is 6.07 Å². The van der Waals surface area contributed by atoms with Gasteiger partial charge in [-0.15, -0.1) is 11.6 Å². The second kappa shape index (κ2) is 6.27. The molecule has 0 aromatic heterocycles. The van der Waals surface area contributed by atoms with Crippen LogP contribution in [0.1, 0.15) is 40.9 Å². The molecule has 0 fully saturated rings. The van der Waals surface area contributed by atoms with Crippen LogP contribution < -0.4 is 0 Å². The van der Waals surface area contributed by atoms with Crippen LogP contribution in [0, 0.1) is 11.3 Å². The van der Waals surface area contributed by atoms with Gasteiger partial charge < -0.3 is 4.74 Å². The van der Waals surface area contributed by atoms with Crippen LogP contribution in [-0.4, -0.2) is 12.6 Å². The molecule has 0 aliphatic rings. The van der Waals surface area contributed by atoms with E-state index in [-0.39, 0.29) is 6.61 Å². The van der Waals surface area contributed by atoms with E-state index in [1.54, 1.807) is 19.1 Å². The number of carbonyl (C=O) groups is 1. The van der Waals surface area contributed by atoms with Gasteiger partial charge in [-0.05, 0) is 36.6 Å². The predicted molar refractivity (Wildman–Crippen MR) is 66.0 cm³/mol. The SMILES string of the molecule is CCOC(=O)c1cc(CCl)c(CC)cc1C#N. The Bertz CT molecular complexity index is 463. The lowest BCUT2D eigenvalue weighted by Gasteiger charge is -2.10. The summed E-state index contributed by atoms with van der Waals surface area (Å²) in [7, 11) is 0. The summed E-state index contributed by atoms with van der Waals surface area (Å²) >= 11 is 5.83. The topological polar surface area (TPSA) is 50.1 Å². The molecule has 0 saturated heterocycles. The molecular weight excluding hydrogens is 238 g/mol. The number of rotatable bonds is 4. The van der Waals surface area contributed by atoms with E-state index in [1.165, 1.54) is 0 Å². The highest BCUT2D eigenvalue weighted by molar-refractivity contribution is 6.17. The fourth-order valence-electron chi connectivity index (χ4n) is 1.61. The number of nitriles is 1. The molecule has 0 bridgehead atoms. The quantitative estimate of drug-likeness (QED) is 0.610. The number of hydrogen-bond donors (Lipinski definition) is 0. The third-order valence-corrected chi connectivity index (χ3v) is 2.77. The standard InChI is InChI=1S/C13H14ClNO2/c1-3-9-5-11(8-15)12(6-10(9)7-14)13(16)17-4-2/h5-6H,3-4,7H2,1-2H3. The van der Waals surface area contributed by atoms with Crippen molar-refractivity contribution in [3.05, 3.63) is 34.4 Å². The van der Waals surface area contributed by atoms with E-state index in [0.717, 1.165) is 17.5 Å². The molecule has 0 saturated carbocycles. The van der Waals surface area contributed by atoms with Crippen LogP contribution in [0.4, 0.5) is 0 Å². The van der Waals surface area contributed by atoms with E-state index in [9.17, 15) is 4.79 Å². The number of ether oxygens (including phenoxy) is 1. The first-order valence-electron chi connectivity index (χ1n) is 5.46. The number of esters is 1. The van der Waals surface area contributed by atoms with Gasteiger partial charge in [0.15, 0.2) is 0 Å². The van der Waals surface area contributed by atoms with Gasteiger partial charge >= 0.3 is 5.97 Å². The zero-order valence-corrected chi connectivity index (χ0v) is 10.7. The first-order chi connectivity index (χ1) is 8.17. The van der Waals surface area contributed by atoms with Gasteiger partial charge in [-0.25, -0.2) is 4.79 Å². The second-order valence-electron chi connectivity index (χ2n) is 3.49. The van der Waals surface area contributed by atoms with E-state index in [4.69, 9.17) is 21.6 Å². The average molecular weight is 252 g/mol. The van der Waals surface area contributed by atoms with Gasteiger partial charge in [0.2, 0.25) is 0 Å². The van der Waals surface area contributed by atoms with Crippen molar-refractivity contribution in [2.75, 3.05) is 6.61 Å². The monoisotopic (exact) mass is 251 g/mol. The Labute approximate surface area is 106 Å². The zero-order chi connectivity index (χ0) is 12.8. The van der Waals surface area contributed by atoms with Crippen molar-refractivity contribution in [2.24, 2.45) is 0 Å². The minimum absolute atomic E-state index is 0.287. The normalized spacial score (nSPS) is 9.76. The molecule has 1 rings (SSSR count). The van der Waals surface area contributed by atoms with Crippen LogP contribution in [-0.2, 0) is 17.0 Å². The maximum Gasteiger partial charge on any atom is 0.339 e. The predicted octanol–water partition coefficient (Wildman–Crippen LogP) is 3.04. The molecule has 4 heteroatoms. The van der Waals surface area contributed by atoms with Crippen molar-refractivity contribution in [2.45, 2.75) is 26.1 Å². The summed E-state index contributed by atoms with van der Waals surface area (Å²) in [6.07, 6.45) is 0.778. The Hall–Kier alpha value is -1.53. The number of aryl methyl sites for hydroxylation is 1. The summed E-state index contributed by atoms with van der Waals surface area (Å²) < 4.78 is 4.91. The van der Waals surface area contributed by atoms with Crippen molar-refractivity contribution < 1.29 is 9.53 Å². The Morgan fingerprint density at radius 1 is 1.41 bits per heavy atom. The van der Waals surface area contributed by atoms with Gasteiger partial charge in [0.1, 0.15) is 6.07 Å². The minimum Gasteiger partial charge on any atom is -0.462 e. The van der Waals surface area contributed by atoms with Crippen molar-refractivity contribution in [1.82, 2.24) is 0 Å². The molecule has 0 radical (unpaired) electrons. The molecule has 1 aromatic carbocycles. The summed E-state index contributed by atoms with van der Waals surface area (Å²) in [4.78, 5) is 11.7. The lowest BCUT2D eigenvalue weighted by atomic mass is 9.98. The Morgan fingerprint density at radius 2 is 2.12 bits per heavy atom. The number of alkyl halides is 1. The summed E-state index contributed by atoms with van der Waals surface area (Å²) in [6.45, 7) is 4.00. The lowest BCUT2D eigenvalue weighted by molar-refractivity contribution is 0.0526. The molecular formula is C13H14ClNO2. The van der Waals surface area contributed by atoms with Crippen LogP contribution in [0.2, 0.25) is 0 Å². The van der Waals surface area contributed by atoms with E-state index in [2.05, 4.69) is 0 Å². The number of carbonyl (C=O) groups excluding carboxylic acids is 1. The molecule has 0 atom stereocenters. The fourth-order valence-corrected chi connectivity index (χ4v) is 1.86. The van der Waals surface area contributed by atoms with Gasteiger partial charge in [-0.2, -0.15) is 5.26 Å². The van der Waals surface area contributed by atoms with Crippen LogP contribution >= 0.6 is 11.6 Å². The van der Waals surface area contributed by atoms with Gasteiger partial charge in [0.25, 0.3) is 0 Å². The van der Waals surface area contributed by atoms with Crippen LogP contribution in [0.3, 0.4) is 0 Å². The maximum absolute atomic E-state index is 11.7. The molecule has 3 nitrogen and oxygen atoms in total. The number of hydrogen-bond acceptors (Lipinski definition) is 3. The van der Waals surface area contributed by atoms with Crippen LogP contribution in [0.15, 0.2) is 12.1 Å². The van der Waals surface area contributed by atoms with Crippen LogP contribution in [0.5, 0.6) is 0 Å². The third-order valence-electron chi connectivity index (χ3n) is 2.48. The smallest absolute Gasteiger partial charge is 0.339 e. The van der Waals surface area contributed by atoms with Crippen molar-refractivity contribution in [3.63, 3.8) is 0 Å². The Morgan fingerprint density at radius 3 is 2.59 bits per heavy atom. The van der Waals surface area contributed by atoms with Crippen molar-refractivity contribution >= 4 is 17.6 Å². The fraction of sp³-hybridized carbons (Fsp3) is 0.385. The van der Waals surface area contributed by atoms with Crippen LogP contribution in [0.25, 0.3) is 0 Å². The molecule has 1 aromatic rings. The largest absolute Gasteiger partial charge is 0.462 e. The van der Waals surface area contributed by atoms with E-state index >= 15 is 0 Å². The molecule has 0 amide bonds. The second-order valence-corrected chi connectivity index (χ2v) is 3.75. The van der Waals surface area contributed by atoms with E-state index in [1.807, 2.05) is 13.0 Å². The molecule has 0 heterocycles. The van der Waals surface area contributed by atoms with Gasteiger partial charge in [-0.3, -0.25) is 0 Å². The van der Waals surface area contributed by atoms with Gasteiger partial charge in [0, 0.05) is 5.88 Å². The molecule has 90 valence electrons. The molecule has 17 heavy (non-hydrogen) atoms. The molecule has 0 aliphatic heterocycles. The molecule has 0 aliphatic carbocycles. The summed E-state index contributed by atoms with van der Waals surface area (Å²) in [5.41, 5.74) is 2.50. The highest BCUT2D eigenvalue weighted by atomic mass is 35.5. The van der Waals surface area contributed by atoms with E-state index in [0.29, 0.717) is 17.0 Å². The highest BCUT2D eigenvalue weighted by Crippen LogP contribution is 2.20. The first-order valence-corrected chi connectivity index (χ1v) is 6.00. The Balaban J connectivity index is 3.29. The molecule has 0 N–H and O–H groups in total. The highest BCUT2D eigenvalue weighted by Gasteiger charge is 2.15. The third kappa shape index (κ3) is 2.98. The van der Waals surface area contributed by atoms with Gasteiger partial charge in [-0.1, -0.05) is 6.92 Å². The summed E-state index contributed by atoms with van der Waals surface area (Å²) in [5, 5.41) is 9.03. The molecule has 0 spiro atoms. The van der Waals surface area contributed by atoms with Crippen molar-refractivity contribution in [1.29, 1.82) is 5.26 Å². The number of benzene rings is 1. The maximum atomic E-state index is 11.7. The lowest BCUT2D eigenvalue weighted by Crippen LogP contribution is -2.09. The average Bonchev–Trinajstić information content (AvgIpc) is 2.37. The zero-order valence-electron chi connectivity index (χ0n) is 9.92. The number of nitrogens with zero attached hydrogens (tertiary/aromatic N) is 1. The summed E-state index contributed by atoms with van der Waals surface area (Å²) in [5.74, 6) is -0.153. The van der Waals surface area contributed by atoms with Gasteiger partial charge in [0.05, 0.1) is 17.7 Å². The summed E-state index contributed by atoms with van der Waals surface area (Å²) in [6, 6.07) is 5.38. The number of halogens is 1. The first kappa shape index (κ1) is 13.5. The minimum atomic E-state index is -0.474. The Kier molecular flexibility index (Phi) is 4.99.